The number of rotatable bonds is 2. The van der Waals surface area contributed by atoms with Crippen LogP contribution in [-0.2, 0) is 4.79 Å². The molecule has 2 fully saturated rings. The molecular weight excluding hydrogens is 216 g/mol. The highest BCUT2D eigenvalue weighted by atomic mass is 16.3. The highest BCUT2D eigenvalue weighted by Crippen LogP contribution is 2.21. The number of hydrogen-bond donors (Lipinski definition) is 2. The van der Waals surface area contributed by atoms with E-state index in [0.29, 0.717) is 12.5 Å². The fourth-order valence-electron chi connectivity index (χ4n) is 2.93. The number of β-amino-alcohol motifs (C(OH)–C–C–N with tert-alkyl or cyclic N) is 1. The molecule has 2 aliphatic heterocycles. The lowest BCUT2D eigenvalue weighted by Crippen LogP contribution is -2.53. The Labute approximate surface area is 103 Å². The predicted molar refractivity (Wildman–Crippen MR) is 66.6 cm³/mol. The molecule has 3 atom stereocenters. The van der Waals surface area contributed by atoms with Gasteiger partial charge >= 0.3 is 0 Å². The molecule has 0 aromatic carbocycles. The number of amides is 1. The maximum absolute atomic E-state index is 12.3. The van der Waals surface area contributed by atoms with Crippen molar-refractivity contribution in [2.24, 2.45) is 5.92 Å². The van der Waals surface area contributed by atoms with E-state index in [1.165, 1.54) is 6.42 Å². The highest BCUT2D eigenvalue weighted by molar-refractivity contribution is 5.82. The molecule has 0 bridgehead atoms. The Bertz CT molecular complexity index is 270. The van der Waals surface area contributed by atoms with Gasteiger partial charge in [-0.2, -0.15) is 0 Å². The van der Waals surface area contributed by atoms with Gasteiger partial charge in [0.2, 0.25) is 5.91 Å². The van der Waals surface area contributed by atoms with Gasteiger partial charge < -0.3 is 15.3 Å². The first-order chi connectivity index (χ1) is 8.20. The zero-order chi connectivity index (χ0) is 12.3. The molecule has 2 rings (SSSR count). The Morgan fingerprint density at radius 1 is 1.47 bits per heavy atom. The Morgan fingerprint density at radius 2 is 2.29 bits per heavy atom. The van der Waals surface area contributed by atoms with Crippen LogP contribution in [0.2, 0.25) is 0 Å². The average Bonchev–Trinajstić information content (AvgIpc) is 2.38. The normalized spacial score (nSPS) is 34.7. The molecule has 2 aliphatic rings. The van der Waals surface area contributed by atoms with E-state index in [2.05, 4.69) is 12.2 Å². The summed E-state index contributed by atoms with van der Waals surface area (Å²) in [5, 5.41) is 12.9. The van der Waals surface area contributed by atoms with Crippen LogP contribution in [0.25, 0.3) is 0 Å². The number of carbonyl (C=O) groups excluding carboxylic acids is 1. The van der Waals surface area contributed by atoms with E-state index in [-0.39, 0.29) is 18.1 Å². The van der Waals surface area contributed by atoms with E-state index in [1.54, 1.807) is 0 Å². The van der Waals surface area contributed by atoms with Crippen molar-refractivity contribution in [3.63, 3.8) is 0 Å². The molecule has 98 valence electrons. The summed E-state index contributed by atoms with van der Waals surface area (Å²) in [5.74, 6) is 0.877. The lowest BCUT2D eigenvalue weighted by atomic mass is 9.89. The molecule has 4 nitrogen and oxygen atoms in total. The maximum Gasteiger partial charge on any atom is 0.239 e. The summed E-state index contributed by atoms with van der Waals surface area (Å²) in [6.07, 6.45) is 4.74. The minimum atomic E-state index is -0.321. The van der Waals surface area contributed by atoms with Crippen molar-refractivity contribution in [3.8, 4) is 0 Å². The second kappa shape index (κ2) is 5.83. The number of piperidine rings is 2. The molecule has 0 saturated carbocycles. The van der Waals surface area contributed by atoms with Gasteiger partial charge in [0, 0.05) is 13.1 Å². The molecule has 2 saturated heterocycles. The zero-order valence-electron chi connectivity index (χ0n) is 10.7. The largest absolute Gasteiger partial charge is 0.391 e. The molecule has 2 N–H and O–H groups in total. The monoisotopic (exact) mass is 240 g/mol. The van der Waals surface area contributed by atoms with Crippen LogP contribution in [0.3, 0.4) is 0 Å². The van der Waals surface area contributed by atoms with E-state index >= 15 is 0 Å². The van der Waals surface area contributed by atoms with Gasteiger partial charge in [-0.05, 0) is 38.1 Å². The van der Waals surface area contributed by atoms with E-state index in [4.69, 9.17) is 0 Å². The topological polar surface area (TPSA) is 52.6 Å². The molecule has 0 spiro atoms. The van der Waals surface area contributed by atoms with Crippen molar-refractivity contribution in [1.29, 1.82) is 0 Å². The van der Waals surface area contributed by atoms with E-state index in [0.717, 1.165) is 38.8 Å². The van der Waals surface area contributed by atoms with Crippen LogP contribution in [0.1, 0.15) is 39.0 Å². The molecule has 0 aromatic heterocycles. The summed E-state index contributed by atoms with van der Waals surface area (Å²) in [7, 11) is 0. The standard InChI is InChI=1S/C13H24N2O2/c1-2-10-5-6-14-12(8-10)13(17)15-7-3-4-11(16)9-15/h10-12,14,16H,2-9H2,1H3. The Balaban J connectivity index is 1.89. The van der Waals surface area contributed by atoms with Gasteiger partial charge in [-0.15, -0.1) is 0 Å². The Kier molecular flexibility index (Phi) is 4.40. The second-order valence-corrected chi connectivity index (χ2v) is 5.39. The molecule has 2 heterocycles. The maximum atomic E-state index is 12.3. The first kappa shape index (κ1) is 12.8. The van der Waals surface area contributed by atoms with Gasteiger partial charge in [0.05, 0.1) is 12.1 Å². The number of hydrogen-bond acceptors (Lipinski definition) is 3. The number of nitrogens with zero attached hydrogens (tertiary/aromatic N) is 1. The Hall–Kier alpha value is -0.610. The van der Waals surface area contributed by atoms with Gasteiger partial charge in [-0.25, -0.2) is 0 Å². The van der Waals surface area contributed by atoms with Gasteiger partial charge in [0.1, 0.15) is 0 Å². The fourth-order valence-corrected chi connectivity index (χ4v) is 2.93. The first-order valence-electron chi connectivity index (χ1n) is 6.91. The van der Waals surface area contributed by atoms with Gasteiger partial charge in [0.15, 0.2) is 0 Å². The van der Waals surface area contributed by atoms with Crippen molar-refractivity contribution >= 4 is 5.91 Å². The third-order valence-corrected chi connectivity index (χ3v) is 4.10. The minimum Gasteiger partial charge on any atom is -0.391 e. The van der Waals surface area contributed by atoms with Crippen LogP contribution >= 0.6 is 0 Å². The van der Waals surface area contributed by atoms with Crippen molar-refractivity contribution in [2.45, 2.75) is 51.2 Å². The van der Waals surface area contributed by atoms with Crippen molar-refractivity contribution in [2.75, 3.05) is 19.6 Å². The summed E-state index contributed by atoms with van der Waals surface area (Å²) in [5.41, 5.74) is 0. The fraction of sp³-hybridized carbons (Fsp3) is 0.923. The molecule has 0 aromatic rings. The number of likely N-dealkylation sites (tertiary alicyclic amines) is 1. The number of carbonyl (C=O) groups is 1. The third kappa shape index (κ3) is 3.19. The highest BCUT2D eigenvalue weighted by Gasteiger charge is 2.31. The van der Waals surface area contributed by atoms with Crippen LogP contribution in [0.4, 0.5) is 0 Å². The number of nitrogens with one attached hydrogen (secondary N) is 1. The van der Waals surface area contributed by atoms with E-state index in [9.17, 15) is 9.90 Å². The molecule has 1 amide bonds. The zero-order valence-corrected chi connectivity index (χ0v) is 10.7. The lowest BCUT2D eigenvalue weighted by molar-refractivity contribution is -0.137. The summed E-state index contributed by atoms with van der Waals surface area (Å²) < 4.78 is 0. The quantitative estimate of drug-likeness (QED) is 0.749. The van der Waals surface area contributed by atoms with Gasteiger partial charge in [-0.3, -0.25) is 4.79 Å². The first-order valence-corrected chi connectivity index (χ1v) is 6.91. The summed E-state index contributed by atoms with van der Waals surface area (Å²) in [6.45, 7) is 4.48. The van der Waals surface area contributed by atoms with Crippen molar-refractivity contribution in [1.82, 2.24) is 10.2 Å². The summed E-state index contributed by atoms with van der Waals surface area (Å²) in [6, 6.07) is -0.0148. The number of aliphatic hydroxyl groups is 1. The summed E-state index contributed by atoms with van der Waals surface area (Å²) in [4.78, 5) is 14.1. The molecule has 4 heteroatoms. The van der Waals surface area contributed by atoms with Crippen molar-refractivity contribution in [3.05, 3.63) is 0 Å². The van der Waals surface area contributed by atoms with E-state index < -0.39 is 0 Å². The molecule has 3 unspecified atom stereocenters. The molecule has 0 radical (unpaired) electrons. The van der Waals surface area contributed by atoms with Crippen LogP contribution < -0.4 is 5.32 Å². The third-order valence-electron chi connectivity index (χ3n) is 4.10. The van der Waals surface area contributed by atoms with Crippen LogP contribution in [-0.4, -0.2) is 47.7 Å². The van der Waals surface area contributed by atoms with Crippen LogP contribution in [0.15, 0.2) is 0 Å². The second-order valence-electron chi connectivity index (χ2n) is 5.39. The Morgan fingerprint density at radius 3 is 3.00 bits per heavy atom. The summed E-state index contributed by atoms with van der Waals surface area (Å²) >= 11 is 0. The van der Waals surface area contributed by atoms with Crippen molar-refractivity contribution < 1.29 is 9.90 Å². The van der Waals surface area contributed by atoms with Gasteiger partial charge in [-0.1, -0.05) is 13.3 Å². The van der Waals surface area contributed by atoms with E-state index in [1.807, 2.05) is 4.90 Å². The predicted octanol–water partition coefficient (Wildman–Crippen LogP) is 0.748. The lowest BCUT2D eigenvalue weighted by Gasteiger charge is -2.36. The molecular formula is C13H24N2O2. The minimum absolute atomic E-state index is 0.0148. The average molecular weight is 240 g/mol. The number of aliphatic hydroxyl groups excluding tert-OH is 1. The van der Waals surface area contributed by atoms with Crippen LogP contribution in [0.5, 0.6) is 0 Å². The smallest absolute Gasteiger partial charge is 0.239 e. The SMILES string of the molecule is CCC1CCNC(C(=O)N2CCCC(O)C2)C1. The van der Waals surface area contributed by atoms with Gasteiger partial charge in [0.25, 0.3) is 0 Å². The molecule has 0 aliphatic carbocycles. The molecule has 17 heavy (non-hydrogen) atoms. The van der Waals surface area contributed by atoms with Crippen LogP contribution in [0, 0.1) is 5.92 Å².